The van der Waals surface area contributed by atoms with E-state index in [1.807, 2.05) is 0 Å². The summed E-state index contributed by atoms with van der Waals surface area (Å²) in [5, 5.41) is 14.2. The van der Waals surface area contributed by atoms with Gasteiger partial charge in [0.2, 0.25) is 0 Å². The third kappa shape index (κ3) is 23.8. The van der Waals surface area contributed by atoms with Crippen LogP contribution in [0.2, 0.25) is 0 Å². The molecule has 2 amide bonds. The average Bonchev–Trinajstić information content (AvgIpc) is 1.66. The molecule has 9 N–H and O–H groups in total. The number of Topliss-reactive ketones (excluding diaryl/α,β-unsaturated/α-hetero) is 1. The molecule has 0 aromatic rings. The van der Waals surface area contributed by atoms with E-state index in [2.05, 4.69) is 137 Å². The van der Waals surface area contributed by atoms with E-state index in [0.717, 1.165) is 164 Å². The molecule has 9 unspecified atom stereocenters. The summed E-state index contributed by atoms with van der Waals surface area (Å²) in [6, 6.07) is 0. The molecule has 18 heteroatoms. The van der Waals surface area contributed by atoms with Crippen molar-refractivity contribution >= 4 is 52.9 Å². The highest BCUT2D eigenvalue weighted by atomic mass is 35.5. The van der Waals surface area contributed by atoms with Gasteiger partial charge < -0.3 is 51.9 Å². The lowest BCUT2D eigenvalue weighted by atomic mass is 9.47. The number of rotatable bonds is 28. The lowest BCUT2D eigenvalue weighted by Crippen LogP contribution is -2.51. The summed E-state index contributed by atoms with van der Waals surface area (Å²) in [5.41, 5.74) is 21.8. The number of nitrogens with one attached hydrogen (secondary N) is 2. The fourth-order valence-corrected chi connectivity index (χ4v) is 28.4. The molecular weight excluding hydrogens is 1490 g/mol. The van der Waals surface area contributed by atoms with E-state index < -0.39 is 29.4 Å². The van der Waals surface area contributed by atoms with Gasteiger partial charge in [0.15, 0.2) is 0 Å². The molecule has 0 aromatic carbocycles. The van der Waals surface area contributed by atoms with E-state index in [-0.39, 0.29) is 67.7 Å². The van der Waals surface area contributed by atoms with Crippen LogP contribution in [0.25, 0.3) is 0 Å². The van der Waals surface area contributed by atoms with Crippen LogP contribution in [0.1, 0.15) is 354 Å². The minimum Gasteiger partial charge on any atom is -0.481 e. The fraction of sp³-hybridized carbons (Fsp3) is 0.869. The number of amides is 2. The second kappa shape index (κ2) is 43.3. The number of carboxylic acids is 1. The first-order valence-electron chi connectivity index (χ1n) is 47.9. The molecule has 10 fully saturated rings. The number of nitrogens with two attached hydrogens (primary N) is 3. The number of fused-ring (bicyclic) bond motifs is 15. The Bertz CT molecular complexity index is 3360. The highest BCUT2D eigenvalue weighted by molar-refractivity contribution is 6.61. The van der Waals surface area contributed by atoms with Crippen molar-refractivity contribution in [1.29, 1.82) is 0 Å². The van der Waals surface area contributed by atoms with E-state index in [0.29, 0.717) is 66.2 Å². The summed E-state index contributed by atoms with van der Waals surface area (Å²) in [5.74, 6) is 13.5. The van der Waals surface area contributed by atoms with Gasteiger partial charge in [0.1, 0.15) is 24.1 Å². The van der Waals surface area contributed by atoms with E-state index in [1.54, 1.807) is 11.1 Å². The van der Waals surface area contributed by atoms with Gasteiger partial charge in [-0.05, 0) is 280 Å². The number of carboxylic acid groups (broad SMARTS) is 1. The second-order valence-electron chi connectivity index (χ2n) is 42.7. The smallest absolute Gasteiger partial charge is 0.407 e. The first-order chi connectivity index (χ1) is 55.5. The van der Waals surface area contributed by atoms with Crippen molar-refractivity contribution < 1.29 is 57.6 Å². The van der Waals surface area contributed by atoms with E-state index >= 15 is 0 Å². The van der Waals surface area contributed by atoms with Crippen molar-refractivity contribution in [1.82, 2.24) is 10.6 Å². The molecule has 17 nitrogen and oxygen atoms in total. The maximum absolute atomic E-state index is 12.5. The van der Waals surface area contributed by atoms with Crippen molar-refractivity contribution in [3.63, 3.8) is 0 Å². The predicted molar refractivity (Wildman–Crippen MR) is 470 cm³/mol. The third-order valence-electron chi connectivity index (χ3n) is 34.4. The maximum atomic E-state index is 12.5. The van der Waals surface area contributed by atoms with Crippen LogP contribution >= 0.6 is 11.6 Å². The molecule has 13 aliphatic rings. The van der Waals surface area contributed by atoms with Gasteiger partial charge in [0, 0.05) is 76.4 Å². The number of carbonyl (C=O) groups is 7. The molecule has 24 atom stereocenters. The second-order valence-corrected chi connectivity index (χ2v) is 43.0. The summed E-state index contributed by atoms with van der Waals surface area (Å²) in [7, 11) is 0. The number of aliphatic carboxylic acids is 1. The van der Waals surface area contributed by atoms with Gasteiger partial charge in [0.25, 0.3) is 0 Å². The van der Waals surface area contributed by atoms with Crippen LogP contribution in [0.15, 0.2) is 34.9 Å². The largest absolute Gasteiger partial charge is 0.481 e. The first kappa shape index (κ1) is 96.5. The highest BCUT2D eigenvalue weighted by Gasteiger charge is 2.63. The van der Waals surface area contributed by atoms with Gasteiger partial charge in [-0.3, -0.25) is 19.2 Å². The maximum Gasteiger partial charge on any atom is 0.407 e. The van der Waals surface area contributed by atoms with Gasteiger partial charge in [-0.25, -0.2) is 14.4 Å². The number of halogens is 1. The van der Waals surface area contributed by atoms with Crippen LogP contribution < -0.4 is 27.8 Å². The summed E-state index contributed by atoms with van der Waals surface area (Å²) in [6.07, 6.45) is 50.2. The molecule has 9 saturated carbocycles. The number of ketones is 1. The molecule has 117 heavy (non-hydrogen) atoms. The Morgan fingerprint density at radius 2 is 0.778 bits per heavy atom. The number of hydrogen-bond acceptors (Lipinski definition) is 14. The summed E-state index contributed by atoms with van der Waals surface area (Å²) >= 11 is 5.51. The Hall–Kier alpha value is -4.32. The normalized spacial score (nSPS) is 36.8. The van der Waals surface area contributed by atoms with Gasteiger partial charge in [0.05, 0.1) is 19.3 Å². The van der Waals surface area contributed by atoms with E-state index in [9.17, 15) is 33.6 Å². The van der Waals surface area contributed by atoms with Crippen LogP contribution in [0.4, 0.5) is 14.4 Å². The molecule has 0 bridgehead atoms. The number of carbonyl (C=O) groups excluding carboxylic acids is 6. The minimum absolute atomic E-state index is 0.0164. The first-order valence-corrected chi connectivity index (χ1v) is 48.3. The Morgan fingerprint density at radius 3 is 1.08 bits per heavy atom. The quantitative estimate of drug-likeness (QED) is 0.0106. The Labute approximate surface area is 713 Å². The summed E-state index contributed by atoms with van der Waals surface area (Å²) in [6.45, 7) is 39.9. The summed E-state index contributed by atoms with van der Waals surface area (Å²) in [4.78, 5) is 78.1. The van der Waals surface area contributed by atoms with Crippen LogP contribution in [0, 0.1) is 139 Å². The topological polar surface area (TPSA) is 279 Å². The highest BCUT2D eigenvalue weighted by Crippen LogP contribution is 2.71. The van der Waals surface area contributed by atoms with Crippen LogP contribution in [-0.4, -0.2) is 97.4 Å². The zero-order valence-corrected chi connectivity index (χ0v) is 76.8. The number of allylic oxidation sites excluding steroid dienone is 3. The Kier molecular flexibility index (Phi) is 35.7. The van der Waals surface area contributed by atoms with Crippen molar-refractivity contribution in [3.05, 3.63) is 34.9 Å². The van der Waals surface area contributed by atoms with E-state index in [4.69, 9.17) is 48.1 Å². The zero-order chi connectivity index (χ0) is 85.4. The SMILES string of the molecule is CC(C)CCC[C@@H](C)[C@H]1CCC2C3CC=C4C[C@@H](OC(=O)Cl)CC[C@]4(C)C3CC[C@@]21C.CC(C)CCC[C@@H](C)[C@H]1CCC2C3CC=C4C[C@@H](OC(=O)NCCCC(=O)CCC(=O)O)CC[C@]4(C)C3CC[C@@]21C.CC(C)CCC[C@@H](C)[C@H]1CCC2C3CC=C4C[C@@H](OC(=O)NCCN)CC[C@]4(C)C3CC[C@@]21C.NCCN.O=C1CCC(=O)O1. The molecule has 0 radical (unpaired) electrons. The number of hydrogen-bond donors (Lipinski definition) is 6. The zero-order valence-electron chi connectivity index (χ0n) is 76.0. The van der Waals surface area contributed by atoms with Crippen LogP contribution in [0.3, 0.4) is 0 Å². The molecular formula is C99H166ClN5O12. The van der Waals surface area contributed by atoms with Crippen molar-refractivity contribution in [2.24, 2.45) is 156 Å². The van der Waals surface area contributed by atoms with E-state index in [1.165, 1.54) is 160 Å². The number of cyclic esters (lactones) is 2. The standard InChI is InChI=1S/C35H57NO5.C30H52N2O2.C28H45ClO2.C4H4O3.C2H8N2/c1-23(2)8-6-9-24(3)29-14-15-30-28-13-11-25-22-27(17-19-34(25,4)31(28)18-20-35(29,30)5)41-33(40)36-21-7-10-26(37)12-16-32(38)39;1-20(2)7-6-8-21(3)25-11-12-26-24-10-9-22-19-23(34-28(33)32-18-17-31)13-15-29(22,4)27(24)14-16-30(25,26)5;1-18(2)7-6-8-19(3)23-11-12-24-22-10-9-20-17-21(31-26(29)30)13-15-27(20,4)25(22)14-16-28(23,24)5;5-3-1-2-4(6)7-3;3-1-2-4/h11,23-24,27-31H,6-10,12-22H2,1-5H3,(H,36,40)(H,38,39);9,20-21,23-27H,6-8,10-19,31H2,1-5H3,(H,32,33);9,18-19,21-25H,6-8,10-17H2,1-5H3;1-2H2;1-4H2/t24-,27+,28?,29-,30?,31?,34+,35-;21-,23+,24?,25-,26?,27?,29+,30-;19-,21+,22?,23-,24?,25?,27+,28-;;/m111../s1. The molecule has 12 aliphatic carbocycles. The third-order valence-corrected chi connectivity index (χ3v) is 34.5. The number of ether oxygens (including phenoxy) is 4. The molecule has 0 spiro atoms. The molecule has 13 rings (SSSR count). The fourth-order valence-electron chi connectivity index (χ4n) is 28.2. The summed E-state index contributed by atoms with van der Waals surface area (Å²) < 4.78 is 21.0. The predicted octanol–water partition coefficient (Wildman–Crippen LogP) is 22.9. The Morgan fingerprint density at radius 1 is 0.436 bits per heavy atom. The molecule has 1 heterocycles. The number of alkyl carbamates (subject to hydrolysis) is 2. The van der Waals surface area contributed by atoms with Crippen LogP contribution in [0.5, 0.6) is 0 Å². The van der Waals surface area contributed by atoms with Crippen molar-refractivity contribution in [2.45, 2.75) is 373 Å². The van der Waals surface area contributed by atoms with Crippen LogP contribution in [-0.2, 0) is 38.1 Å². The molecule has 666 valence electrons. The molecule has 0 aromatic heterocycles. The average molecular weight is 1650 g/mol. The molecule has 1 aliphatic heterocycles. The van der Waals surface area contributed by atoms with Gasteiger partial charge in [-0.15, -0.1) is 0 Å². The van der Waals surface area contributed by atoms with Gasteiger partial charge in [-0.2, -0.15) is 0 Å². The van der Waals surface area contributed by atoms with Gasteiger partial charge >= 0.3 is 35.5 Å². The Balaban J connectivity index is 0.000000189. The lowest BCUT2D eigenvalue weighted by Gasteiger charge is -2.58. The number of esters is 2. The monoisotopic (exact) mass is 1650 g/mol. The minimum atomic E-state index is -0.959. The van der Waals surface area contributed by atoms with Crippen molar-refractivity contribution in [3.8, 4) is 0 Å². The molecule has 1 saturated heterocycles. The van der Waals surface area contributed by atoms with Gasteiger partial charge in [-0.1, -0.05) is 197 Å². The lowest BCUT2D eigenvalue weighted by molar-refractivity contribution is -0.152. The van der Waals surface area contributed by atoms with Crippen molar-refractivity contribution in [2.75, 3.05) is 32.7 Å².